The summed E-state index contributed by atoms with van der Waals surface area (Å²) in [7, 11) is -4.24. The van der Waals surface area contributed by atoms with Crippen LogP contribution in [0.2, 0.25) is 5.02 Å². The van der Waals surface area contributed by atoms with Gasteiger partial charge in [-0.2, -0.15) is 0 Å². The molecule has 0 aromatic heterocycles. The van der Waals surface area contributed by atoms with E-state index in [4.69, 9.17) is 16.3 Å². The van der Waals surface area contributed by atoms with E-state index < -0.39 is 28.5 Å². The van der Waals surface area contributed by atoms with E-state index in [0.717, 1.165) is 19.9 Å². The maximum absolute atomic E-state index is 14.4. The van der Waals surface area contributed by atoms with Gasteiger partial charge in [-0.1, -0.05) is 70.0 Å². The van der Waals surface area contributed by atoms with Gasteiger partial charge in [0.05, 0.1) is 17.2 Å². The predicted octanol–water partition coefficient (Wildman–Crippen LogP) is 6.47. The van der Waals surface area contributed by atoms with Crippen molar-refractivity contribution in [2.75, 3.05) is 24.0 Å². The highest BCUT2D eigenvalue weighted by Crippen LogP contribution is 2.28. The van der Waals surface area contributed by atoms with Gasteiger partial charge in [-0.05, 0) is 85.6 Å². The molecule has 0 unspecified atom stereocenters. The number of likely N-dealkylation sites (N-methyl/N-ethyl adjacent to an activating group) is 1. The Balaban J connectivity index is 1.79. The first-order chi connectivity index (χ1) is 21.6. The Morgan fingerprint density at radius 2 is 1.51 bits per heavy atom. The molecule has 4 rings (SSSR count). The van der Waals surface area contributed by atoms with Gasteiger partial charge in [0.25, 0.3) is 10.0 Å². The first kappa shape index (κ1) is 34.0. The maximum atomic E-state index is 14.4. The summed E-state index contributed by atoms with van der Waals surface area (Å²) < 4.78 is 35.7. The van der Waals surface area contributed by atoms with Crippen LogP contribution in [-0.2, 0) is 32.6 Å². The fourth-order valence-electron chi connectivity index (χ4n) is 4.77. The molecule has 0 fully saturated rings. The molecule has 1 N–H and O–H groups in total. The van der Waals surface area contributed by atoms with Gasteiger partial charge in [-0.15, -0.1) is 0 Å². The van der Waals surface area contributed by atoms with E-state index in [9.17, 15) is 18.0 Å². The molecule has 0 saturated heterocycles. The Hall–Kier alpha value is -3.86. The van der Waals surface area contributed by atoms with Crippen molar-refractivity contribution in [2.24, 2.45) is 0 Å². The number of hydrogen-bond acceptors (Lipinski definition) is 5. The average Bonchev–Trinajstić information content (AvgIpc) is 3.03. The van der Waals surface area contributed by atoms with E-state index in [-0.39, 0.29) is 29.5 Å². The second-order valence-corrected chi connectivity index (χ2v) is 13.4. The standard InChI is InChI=1S/C34H35BrClN3O5S/c1-3-37-34(41)32(22-25-8-6-5-7-9-25)38(23-26-10-12-27(35)13-11-26)33(40)24-39(29-16-18-30(19-17-29)44-4-2)45(42,43)31-20-14-28(36)15-21-31/h5-21,32H,3-4,22-24H2,1-2H3,(H,37,41)/t32-/m0/s1. The van der Waals surface area contributed by atoms with Crippen molar-refractivity contribution in [1.29, 1.82) is 0 Å². The molecule has 4 aromatic carbocycles. The Morgan fingerprint density at radius 3 is 2.11 bits per heavy atom. The van der Waals surface area contributed by atoms with Crippen LogP contribution in [0.3, 0.4) is 0 Å². The van der Waals surface area contributed by atoms with E-state index in [0.29, 0.717) is 23.9 Å². The lowest BCUT2D eigenvalue weighted by Crippen LogP contribution is -2.53. The molecule has 4 aromatic rings. The topological polar surface area (TPSA) is 96.0 Å². The van der Waals surface area contributed by atoms with Crippen LogP contribution >= 0.6 is 27.5 Å². The van der Waals surface area contributed by atoms with Crippen molar-refractivity contribution in [1.82, 2.24) is 10.2 Å². The molecule has 2 amide bonds. The molecule has 0 heterocycles. The number of amides is 2. The second-order valence-electron chi connectivity index (χ2n) is 10.1. The van der Waals surface area contributed by atoms with Gasteiger partial charge in [0, 0.05) is 29.0 Å². The van der Waals surface area contributed by atoms with Gasteiger partial charge < -0.3 is 15.0 Å². The first-order valence-electron chi connectivity index (χ1n) is 14.5. The lowest BCUT2D eigenvalue weighted by atomic mass is 10.0. The lowest BCUT2D eigenvalue weighted by Gasteiger charge is -2.34. The van der Waals surface area contributed by atoms with Crippen LogP contribution in [0.15, 0.2) is 112 Å². The summed E-state index contributed by atoms with van der Waals surface area (Å²) in [6.45, 7) is 4.00. The number of hydrogen-bond donors (Lipinski definition) is 1. The largest absolute Gasteiger partial charge is 0.494 e. The number of rotatable bonds is 14. The summed E-state index contributed by atoms with van der Waals surface area (Å²) in [5.74, 6) is -0.316. The fraction of sp³-hybridized carbons (Fsp3) is 0.235. The number of nitrogens with one attached hydrogen (secondary N) is 1. The number of nitrogens with zero attached hydrogens (tertiary/aromatic N) is 2. The summed E-state index contributed by atoms with van der Waals surface area (Å²) in [6, 6.07) is 28.2. The van der Waals surface area contributed by atoms with Crippen molar-refractivity contribution in [3.8, 4) is 5.75 Å². The number of anilines is 1. The average molecular weight is 713 g/mol. The Bertz CT molecular complexity index is 1670. The van der Waals surface area contributed by atoms with Gasteiger partial charge in [0.15, 0.2) is 0 Å². The molecule has 0 aliphatic rings. The molecule has 8 nitrogen and oxygen atoms in total. The maximum Gasteiger partial charge on any atom is 0.264 e. The molecule has 0 aliphatic heterocycles. The van der Waals surface area contributed by atoms with Crippen LogP contribution in [0.5, 0.6) is 5.75 Å². The normalized spacial score (nSPS) is 11.8. The molecule has 1 atom stereocenters. The van der Waals surface area contributed by atoms with Crippen molar-refractivity contribution in [3.05, 3.63) is 124 Å². The molecule has 0 bridgehead atoms. The number of sulfonamides is 1. The molecule has 0 saturated carbocycles. The Morgan fingerprint density at radius 1 is 0.867 bits per heavy atom. The highest BCUT2D eigenvalue weighted by Gasteiger charge is 2.34. The van der Waals surface area contributed by atoms with Crippen LogP contribution < -0.4 is 14.4 Å². The summed E-state index contributed by atoms with van der Waals surface area (Å²) >= 11 is 9.49. The van der Waals surface area contributed by atoms with E-state index in [1.54, 1.807) is 24.3 Å². The first-order valence-corrected chi connectivity index (χ1v) is 17.1. The molecule has 236 valence electrons. The fourth-order valence-corrected chi connectivity index (χ4v) is 6.57. The number of carbonyl (C=O) groups excluding carboxylic acids is 2. The van der Waals surface area contributed by atoms with Crippen molar-refractivity contribution >= 4 is 55.1 Å². The van der Waals surface area contributed by atoms with E-state index in [1.807, 2.05) is 68.4 Å². The van der Waals surface area contributed by atoms with Gasteiger partial charge in [-0.25, -0.2) is 8.42 Å². The summed E-state index contributed by atoms with van der Waals surface area (Å²) in [5, 5.41) is 3.24. The third kappa shape index (κ3) is 9.09. The summed E-state index contributed by atoms with van der Waals surface area (Å²) in [6.07, 6.45) is 0.238. The molecule has 11 heteroatoms. The molecule has 0 radical (unpaired) electrons. The zero-order valence-corrected chi connectivity index (χ0v) is 28.2. The van der Waals surface area contributed by atoms with Crippen molar-refractivity contribution in [3.63, 3.8) is 0 Å². The van der Waals surface area contributed by atoms with Gasteiger partial charge >= 0.3 is 0 Å². The van der Waals surface area contributed by atoms with Gasteiger partial charge in [-0.3, -0.25) is 13.9 Å². The lowest BCUT2D eigenvalue weighted by molar-refractivity contribution is -0.140. The van der Waals surface area contributed by atoms with E-state index >= 15 is 0 Å². The third-order valence-electron chi connectivity index (χ3n) is 7.00. The molecule has 45 heavy (non-hydrogen) atoms. The van der Waals surface area contributed by atoms with Gasteiger partial charge in [0.2, 0.25) is 11.8 Å². The predicted molar refractivity (Wildman–Crippen MR) is 181 cm³/mol. The minimum Gasteiger partial charge on any atom is -0.494 e. The minimum atomic E-state index is -4.24. The molecule has 0 aliphatic carbocycles. The van der Waals surface area contributed by atoms with Crippen LogP contribution in [-0.4, -0.2) is 50.9 Å². The summed E-state index contributed by atoms with van der Waals surface area (Å²) in [5.41, 5.74) is 1.91. The Labute approximate surface area is 278 Å². The SMILES string of the molecule is CCNC(=O)[C@H](Cc1ccccc1)N(Cc1ccc(Br)cc1)C(=O)CN(c1ccc(OCC)cc1)S(=O)(=O)c1ccc(Cl)cc1. The molecular weight excluding hydrogens is 678 g/mol. The highest BCUT2D eigenvalue weighted by molar-refractivity contribution is 9.10. The highest BCUT2D eigenvalue weighted by atomic mass is 79.9. The van der Waals surface area contributed by atoms with E-state index in [1.165, 1.54) is 29.2 Å². The third-order valence-corrected chi connectivity index (χ3v) is 9.57. The van der Waals surface area contributed by atoms with Crippen LogP contribution in [0, 0.1) is 0 Å². The minimum absolute atomic E-state index is 0.0300. The number of halogens is 2. The smallest absolute Gasteiger partial charge is 0.264 e. The van der Waals surface area contributed by atoms with Crippen LogP contribution in [0.4, 0.5) is 5.69 Å². The quantitative estimate of drug-likeness (QED) is 0.162. The van der Waals surface area contributed by atoms with Crippen molar-refractivity contribution < 1.29 is 22.7 Å². The zero-order chi connectivity index (χ0) is 32.4. The number of benzene rings is 4. The number of ether oxygens (including phenoxy) is 1. The Kier molecular flexibility index (Phi) is 12.0. The molecular formula is C34H35BrClN3O5S. The van der Waals surface area contributed by atoms with E-state index in [2.05, 4.69) is 21.2 Å². The van der Waals surface area contributed by atoms with Crippen LogP contribution in [0.25, 0.3) is 0 Å². The molecule has 0 spiro atoms. The summed E-state index contributed by atoms with van der Waals surface area (Å²) in [4.78, 5) is 29.4. The van der Waals surface area contributed by atoms with Crippen molar-refractivity contribution in [2.45, 2.75) is 37.8 Å². The second kappa shape index (κ2) is 15.9. The van der Waals surface area contributed by atoms with Gasteiger partial charge in [0.1, 0.15) is 18.3 Å². The zero-order valence-electron chi connectivity index (χ0n) is 25.0. The number of carbonyl (C=O) groups is 2. The monoisotopic (exact) mass is 711 g/mol. The van der Waals surface area contributed by atoms with Crippen LogP contribution in [0.1, 0.15) is 25.0 Å².